The number of nitrogens with zero attached hydrogens (tertiary/aromatic N) is 2. The first kappa shape index (κ1) is 14.8. The Morgan fingerprint density at radius 2 is 1.96 bits per heavy atom. The molecule has 1 aromatic heterocycles. The van der Waals surface area contributed by atoms with Crippen molar-refractivity contribution < 1.29 is 14.3 Å². The Labute approximate surface area is 137 Å². The molecule has 1 amide bonds. The quantitative estimate of drug-likeness (QED) is 0.760. The van der Waals surface area contributed by atoms with E-state index in [9.17, 15) is 14.3 Å². The molecule has 0 radical (unpaired) electrons. The van der Waals surface area contributed by atoms with E-state index in [1.807, 2.05) is 24.3 Å². The number of hydrogen-bond acceptors (Lipinski definition) is 3. The van der Waals surface area contributed by atoms with E-state index in [0.29, 0.717) is 24.2 Å². The third kappa shape index (κ3) is 2.35. The highest BCUT2D eigenvalue weighted by atomic mass is 19.1. The molecule has 5 nitrogen and oxygen atoms in total. The highest BCUT2D eigenvalue weighted by Gasteiger charge is 2.40. The number of benzene rings is 2. The summed E-state index contributed by atoms with van der Waals surface area (Å²) in [5.41, 5.74) is 0.615. The summed E-state index contributed by atoms with van der Waals surface area (Å²) in [4.78, 5) is 14.4. The Hall–Kier alpha value is -2.73. The summed E-state index contributed by atoms with van der Waals surface area (Å²) in [5.74, 6) is -0.568. The van der Waals surface area contributed by atoms with Gasteiger partial charge in [0.2, 0.25) is 0 Å². The first-order chi connectivity index (χ1) is 11.6. The van der Waals surface area contributed by atoms with Crippen molar-refractivity contribution in [2.45, 2.75) is 12.0 Å². The van der Waals surface area contributed by atoms with Gasteiger partial charge >= 0.3 is 0 Å². The van der Waals surface area contributed by atoms with Crippen molar-refractivity contribution in [3.05, 3.63) is 65.6 Å². The molecular weight excluding hydrogens is 309 g/mol. The van der Waals surface area contributed by atoms with Crippen LogP contribution in [0.1, 0.15) is 22.5 Å². The zero-order valence-corrected chi connectivity index (χ0v) is 12.9. The van der Waals surface area contributed by atoms with Crippen molar-refractivity contribution in [2.24, 2.45) is 0 Å². The number of para-hydroxylation sites is 1. The molecule has 0 bridgehead atoms. The molecule has 0 aliphatic carbocycles. The van der Waals surface area contributed by atoms with Crippen LogP contribution < -0.4 is 0 Å². The molecule has 2 aromatic carbocycles. The summed E-state index contributed by atoms with van der Waals surface area (Å²) < 4.78 is 13.1. The molecule has 0 saturated carbocycles. The third-order valence-electron chi connectivity index (χ3n) is 4.59. The Balaban J connectivity index is 1.60. The van der Waals surface area contributed by atoms with Crippen LogP contribution in [0.25, 0.3) is 10.9 Å². The van der Waals surface area contributed by atoms with Crippen LogP contribution in [0.3, 0.4) is 0 Å². The van der Waals surface area contributed by atoms with Crippen molar-refractivity contribution in [3.8, 4) is 0 Å². The molecule has 6 heteroatoms. The third-order valence-corrected chi connectivity index (χ3v) is 4.59. The molecule has 2 heterocycles. The zero-order valence-electron chi connectivity index (χ0n) is 12.9. The van der Waals surface area contributed by atoms with Gasteiger partial charge in [0.05, 0.1) is 12.1 Å². The second-order valence-electron chi connectivity index (χ2n) is 6.13. The molecule has 0 spiro atoms. The molecule has 122 valence electrons. The molecule has 4 rings (SSSR count). The minimum Gasteiger partial charge on any atom is -0.383 e. The number of β-amino-alcohol motifs (C(OH)–C–C–N with tert-alkyl or cyclic N) is 1. The molecule has 1 aliphatic heterocycles. The van der Waals surface area contributed by atoms with Crippen molar-refractivity contribution in [1.82, 2.24) is 15.1 Å². The number of nitrogens with one attached hydrogen (secondary N) is 1. The second kappa shape index (κ2) is 5.42. The minimum atomic E-state index is -1.16. The molecule has 1 atom stereocenters. The first-order valence-corrected chi connectivity index (χ1v) is 7.78. The average molecular weight is 325 g/mol. The number of hydrogen-bond donors (Lipinski definition) is 2. The van der Waals surface area contributed by atoms with Crippen LogP contribution in [0.4, 0.5) is 4.39 Å². The maximum Gasteiger partial charge on any atom is 0.275 e. The Kier molecular flexibility index (Phi) is 3.35. The number of carbonyl (C=O) groups is 1. The van der Waals surface area contributed by atoms with Gasteiger partial charge in [-0.05, 0) is 30.2 Å². The Morgan fingerprint density at radius 3 is 2.75 bits per heavy atom. The van der Waals surface area contributed by atoms with Gasteiger partial charge in [0, 0.05) is 11.9 Å². The van der Waals surface area contributed by atoms with E-state index >= 15 is 0 Å². The van der Waals surface area contributed by atoms with Gasteiger partial charge in [-0.2, -0.15) is 5.10 Å². The molecular formula is C18H16FN3O2. The van der Waals surface area contributed by atoms with Gasteiger partial charge in [-0.25, -0.2) is 4.39 Å². The Morgan fingerprint density at radius 1 is 1.21 bits per heavy atom. The summed E-state index contributed by atoms with van der Waals surface area (Å²) >= 11 is 0. The lowest BCUT2D eigenvalue weighted by Gasteiger charge is -2.23. The van der Waals surface area contributed by atoms with E-state index in [2.05, 4.69) is 10.2 Å². The summed E-state index contributed by atoms with van der Waals surface area (Å²) in [6, 6.07) is 13.2. The van der Waals surface area contributed by atoms with Crippen molar-refractivity contribution in [3.63, 3.8) is 0 Å². The largest absolute Gasteiger partial charge is 0.383 e. The molecule has 1 fully saturated rings. The van der Waals surface area contributed by atoms with E-state index in [1.165, 1.54) is 12.1 Å². The topological polar surface area (TPSA) is 69.2 Å². The van der Waals surface area contributed by atoms with E-state index in [0.717, 1.165) is 10.9 Å². The second-order valence-corrected chi connectivity index (χ2v) is 6.13. The normalized spacial score (nSPS) is 20.7. The van der Waals surface area contributed by atoms with Crippen molar-refractivity contribution in [2.75, 3.05) is 13.1 Å². The SMILES string of the molecule is O=C(c1n[nH]c2ccccc12)N1CCC(O)(c2ccc(F)cc2)C1. The maximum atomic E-state index is 13.1. The molecule has 1 saturated heterocycles. The van der Waals surface area contributed by atoms with E-state index < -0.39 is 5.60 Å². The molecule has 2 N–H and O–H groups in total. The van der Waals surface area contributed by atoms with Crippen LogP contribution >= 0.6 is 0 Å². The van der Waals surface area contributed by atoms with Gasteiger partial charge in [-0.3, -0.25) is 9.89 Å². The van der Waals surface area contributed by atoms with Crippen molar-refractivity contribution in [1.29, 1.82) is 0 Å². The predicted octanol–water partition coefficient (Wildman–Crippen LogP) is 2.44. The van der Waals surface area contributed by atoms with Crippen LogP contribution in [-0.2, 0) is 5.60 Å². The van der Waals surface area contributed by atoms with Crippen LogP contribution in [0, 0.1) is 5.82 Å². The number of aromatic nitrogens is 2. The fourth-order valence-electron chi connectivity index (χ4n) is 3.24. The fourth-order valence-corrected chi connectivity index (χ4v) is 3.24. The number of likely N-dealkylation sites (tertiary alicyclic amines) is 1. The zero-order chi connectivity index (χ0) is 16.7. The van der Waals surface area contributed by atoms with Crippen LogP contribution in [0.5, 0.6) is 0 Å². The number of amides is 1. The lowest BCUT2D eigenvalue weighted by molar-refractivity contribution is 0.0415. The van der Waals surface area contributed by atoms with Crippen LogP contribution in [0.15, 0.2) is 48.5 Å². The number of aromatic amines is 1. The lowest BCUT2D eigenvalue weighted by Crippen LogP contribution is -2.34. The van der Waals surface area contributed by atoms with E-state index in [1.54, 1.807) is 17.0 Å². The monoisotopic (exact) mass is 325 g/mol. The smallest absolute Gasteiger partial charge is 0.275 e. The van der Waals surface area contributed by atoms with E-state index in [4.69, 9.17) is 0 Å². The summed E-state index contributed by atoms with van der Waals surface area (Å²) in [7, 11) is 0. The van der Waals surface area contributed by atoms with Gasteiger partial charge in [-0.15, -0.1) is 0 Å². The van der Waals surface area contributed by atoms with Gasteiger partial charge in [0.1, 0.15) is 11.4 Å². The summed E-state index contributed by atoms with van der Waals surface area (Å²) in [6.07, 6.45) is 0.409. The number of rotatable bonds is 2. The molecule has 3 aromatic rings. The number of carbonyl (C=O) groups excluding carboxylic acids is 1. The predicted molar refractivity (Wildman–Crippen MR) is 86.9 cm³/mol. The first-order valence-electron chi connectivity index (χ1n) is 7.78. The maximum absolute atomic E-state index is 13.1. The van der Waals surface area contributed by atoms with Gasteiger partial charge in [0.15, 0.2) is 5.69 Å². The highest BCUT2D eigenvalue weighted by Crippen LogP contribution is 2.33. The number of halogens is 1. The van der Waals surface area contributed by atoms with Gasteiger partial charge in [-0.1, -0.05) is 30.3 Å². The highest BCUT2D eigenvalue weighted by molar-refractivity contribution is 6.04. The fraction of sp³-hybridized carbons (Fsp3) is 0.222. The molecule has 24 heavy (non-hydrogen) atoms. The van der Waals surface area contributed by atoms with E-state index in [-0.39, 0.29) is 18.3 Å². The van der Waals surface area contributed by atoms with Crippen LogP contribution in [-0.4, -0.2) is 39.2 Å². The van der Waals surface area contributed by atoms with Gasteiger partial charge in [0.25, 0.3) is 5.91 Å². The van der Waals surface area contributed by atoms with Crippen molar-refractivity contribution >= 4 is 16.8 Å². The number of H-pyrrole nitrogens is 1. The molecule has 1 aliphatic rings. The summed E-state index contributed by atoms with van der Waals surface area (Å²) in [5, 5.41) is 18.6. The van der Waals surface area contributed by atoms with Crippen LogP contribution in [0.2, 0.25) is 0 Å². The standard InChI is InChI=1S/C18H16FN3O2/c19-13-7-5-12(6-8-13)18(24)9-10-22(11-18)17(23)16-14-3-1-2-4-15(14)20-21-16/h1-8,24H,9-11H2,(H,20,21). The summed E-state index contributed by atoms with van der Waals surface area (Å²) in [6.45, 7) is 0.590. The minimum absolute atomic E-state index is 0.165. The number of fused-ring (bicyclic) bond motifs is 1. The number of aliphatic hydroxyl groups is 1. The lowest BCUT2D eigenvalue weighted by atomic mass is 9.93. The van der Waals surface area contributed by atoms with Gasteiger partial charge < -0.3 is 10.0 Å². The Bertz CT molecular complexity index is 906. The average Bonchev–Trinajstić information content (AvgIpc) is 3.19. The molecule has 1 unspecified atom stereocenters.